The topological polar surface area (TPSA) is 76.6 Å². The third kappa shape index (κ3) is 2.32. The van der Waals surface area contributed by atoms with Crippen LogP contribution in [0, 0.1) is 5.92 Å². The van der Waals surface area contributed by atoms with E-state index in [1.165, 1.54) is 0 Å². The molecular weight excluding hydrogens is 304 g/mol. The van der Waals surface area contributed by atoms with Gasteiger partial charge >= 0.3 is 0 Å². The van der Waals surface area contributed by atoms with Crippen LogP contribution in [0.25, 0.3) is 0 Å². The number of likely N-dealkylation sites (tertiary alicyclic amines) is 1. The number of hydrogen-bond donors (Lipinski definition) is 0. The van der Waals surface area contributed by atoms with E-state index in [0.29, 0.717) is 25.2 Å². The zero-order valence-corrected chi connectivity index (χ0v) is 13.4. The maximum Gasteiger partial charge on any atom is 0.254 e. The lowest BCUT2D eigenvalue weighted by Gasteiger charge is -2.49. The summed E-state index contributed by atoms with van der Waals surface area (Å²) in [5.41, 5.74) is 0.543. The van der Waals surface area contributed by atoms with Crippen molar-refractivity contribution in [3.8, 4) is 0 Å². The largest absolute Gasteiger partial charge is 0.381 e. The zero-order valence-electron chi connectivity index (χ0n) is 12.6. The molecule has 2 saturated heterocycles. The van der Waals surface area contributed by atoms with Gasteiger partial charge in [0.2, 0.25) is 0 Å². The van der Waals surface area contributed by atoms with Crippen molar-refractivity contribution < 1.29 is 17.9 Å². The van der Waals surface area contributed by atoms with Crippen LogP contribution >= 0.6 is 0 Å². The number of pyridine rings is 1. The summed E-state index contributed by atoms with van der Waals surface area (Å²) < 4.78 is 29.5. The molecule has 3 rings (SSSR count). The molecule has 1 amide bonds. The molecule has 1 spiro atoms. The Kier molecular flexibility index (Phi) is 3.94. The van der Waals surface area contributed by atoms with Crippen LogP contribution in [0.15, 0.2) is 24.5 Å². The highest BCUT2D eigenvalue weighted by atomic mass is 32.2. The summed E-state index contributed by atoms with van der Waals surface area (Å²) in [6.45, 7) is 3.47. The smallest absolute Gasteiger partial charge is 0.254 e. The maximum absolute atomic E-state index is 12.4. The second-order valence-corrected chi connectivity index (χ2v) is 8.38. The van der Waals surface area contributed by atoms with Crippen molar-refractivity contribution >= 4 is 15.7 Å². The van der Waals surface area contributed by atoms with E-state index >= 15 is 0 Å². The SMILES string of the molecule is CCOC[C@@H]1CCS(=O)(=O)C12CN(C(=O)c1ccncc1)C2. The molecule has 1 aromatic rings. The molecule has 0 radical (unpaired) electrons. The Morgan fingerprint density at radius 1 is 1.41 bits per heavy atom. The van der Waals surface area contributed by atoms with Gasteiger partial charge < -0.3 is 9.64 Å². The van der Waals surface area contributed by atoms with Gasteiger partial charge in [0.15, 0.2) is 9.84 Å². The van der Waals surface area contributed by atoms with Crippen molar-refractivity contribution in [2.75, 3.05) is 32.1 Å². The fourth-order valence-corrected chi connectivity index (χ4v) is 5.79. The molecule has 0 saturated carbocycles. The van der Waals surface area contributed by atoms with Gasteiger partial charge in [0.25, 0.3) is 5.91 Å². The number of hydrogen-bond acceptors (Lipinski definition) is 5. The maximum atomic E-state index is 12.4. The van der Waals surface area contributed by atoms with Gasteiger partial charge in [-0.3, -0.25) is 9.78 Å². The van der Waals surface area contributed by atoms with Crippen LogP contribution in [0.3, 0.4) is 0 Å². The number of rotatable bonds is 4. The molecule has 120 valence electrons. The highest BCUT2D eigenvalue weighted by Crippen LogP contribution is 2.45. The Morgan fingerprint density at radius 3 is 2.73 bits per heavy atom. The van der Waals surface area contributed by atoms with Crippen molar-refractivity contribution in [2.24, 2.45) is 5.92 Å². The standard InChI is InChI=1S/C15H20N2O4S/c1-2-21-9-13-5-8-22(19,20)15(13)10-17(11-15)14(18)12-3-6-16-7-4-12/h3-4,6-7,13H,2,5,8-11H2,1H3/t13-/m0/s1. The highest BCUT2D eigenvalue weighted by molar-refractivity contribution is 7.93. The lowest BCUT2D eigenvalue weighted by molar-refractivity contribution is 0.0271. The summed E-state index contributed by atoms with van der Waals surface area (Å²) in [5.74, 6) is 0.0476. The van der Waals surface area contributed by atoms with E-state index in [-0.39, 0.29) is 30.7 Å². The molecule has 2 fully saturated rings. The normalized spacial score (nSPS) is 25.1. The summed E-state index contributed by atoms with van der Waals surface area (Å²) in [6.07, 6.45) is 3.75. The molecule has 3 heterocycles. The van der Waals surface area contributed by atoms with E-state index in [1.54, 1.807) is 29.4 Å². The molecule has 2 aliphatic rings. The fraction of sp³-hybridized carbons (Fsp3) is 0.600. The first kappa shape index (κ1) is 15.4. The first-order valence-corrected chi connectivity index (χ1v) is 9.15. The van der Waals surface area contributed by atoms with E-state index < -0.39 is 14.6 Å². The van der Waals surface area contributed by atoms with Gasteiger partial charge in [-0.1, -0.05) is 0 Å². The zero-order chi connectivity index (χ0) is 15.8. The average Bonchev–Trinajstić information content (AvgIpc) is 2.74. The number of carbonyl (C=O) groups excluding carboxylic acids is 1. The molecule has 0 N–H and O–H groups in total. The summed E-state index contributed by atoms with van der Waals surface area (Å²) >= 11 is 0. The molecule has 22 heavy (non-hydrogen) atoms. The van der Waals surface area contributed by atoms with Gasteiger partial charge in [0.05, 0.1) is 12.4 Å². The van der Waals surface area contributed by atoms with Crippen LogP contribution in [0.4, 0.5) is 0 Å². The summed E-state index contributed by atoms with van der Waals surface area (Å²) in [6, 6.07) is 3.29. The van der Waals surface area contributed by atoms with Gasteiger partial charge in [-0.05, 0) is 25.5 Å². The van der Waals surface area contributed by atoms with Crippen molar-refractivity contribution in [3.63, 3.8) is 0 Å². The van der Waals surface area contributed by atoms with Crippen LogP contribution in [-0.2, 0) is 14.6 Å². The molecule has 0 unspecified atom stereocenters. The molecule has 0 aromatic carbocycles. The molecule has 1 aromatic heterocycles. The third-order valence-corrected chi connectivity index (χ3v) is 7.36. The number of amides is 1. The van der Waals surface area contributed by atoms with Crippen LogP contribution in [0.1, 0.15) is 23.7 Å². The van der Waals surface area contributed by atoms with Crippen LogP contribution in [0.5, 0.6) is 0 Å². The Balaban J connectivity index is 1.75. The lowest BCUT2D eigenvalue weighted by atomic mass is 9.83. The molecular formula is C15H20N2O4S. The monoisotopic (exact) mass is 324 g/mol. The van der Waals surface area contributed by atoms with E-state index in [4.69, 9.17) is 4.74 Å². The second-order valence-electron chi connectivity index (χ2n) is 5.93. The number of aromatic nitrogens is 1. The minimum Gasteiger partial charge on any atom is -0.381 e. The van der Waals surface area contributed by atoms with Gasteiger partial charge in [-0.25, -0.2) is 8.42 Å². The highest BCUT2D eigenvalue weighted by Gasteiger charge is 2.62. The molecule has 1 atom stereocenters. The molecule has 0 aliphatic carbocycles. The quantitative estimate of drug-likeness (QED) is 0.817. The van der Waals surface area contributed by atoms with Gasteiger partial charge in [-0.15, -0.1) is 0 Å². The molecule has 6 nitrogen and oxygen atoms in total. The predicted octanol–water partition coefficient (Wildman–Crippen LogP) is 0.747. The van der Waals surface area contributed by atoms with Crippen LogP contribution < -0.4 is 0 Å². The Hall–Kier alpha value is -1.47. The summed E-state index contributed by atoms with van der Waals surface area (Å²) in [5, 5.41) is 0. The Labute approximate surface area is 130 Å². The van der Waals surface area contributed by atoms with Crippen molar-refractivity contribution in [1.29, 1.82) is 0 Å². The second kappa shape index (κ2) is 5.62. The van der Waals surface area contributed by atoms with Crippen LogP contribution in [-0.4, -0.2) is 61.0 Å². The van der Waals surface area contributed by atoms with Crippen LogP contribution in [0.2, 0.25) is 0 Å². The third-order valence-electron chi connectivity index (χ3n) is 4.75. The minimum absolute atomic E-state index is 0.0149. The minimum atomic E-state index is -3.16. The van der Waals surface area contributed by atoms with E-state index in [9.17, 15) is 13.2 Å². The van der Waals surface area contributed by atoms with Gasteiger partial charge in [-0.2, -0.15) is 0 Å². The van der Waals surface area contributed by atoms with E-state index in [2.05, 4.69) is 4.98 Å². The number of nitrogens with zero attached hydrogens (tertiary/aromatic N) is 2. The summed E-state index contributed by atoms with van der Waals surface area (Å²) in [4.78, 5) is 17.9. The van der Waals surface area contributed by atoms with Crippen molar-refractivity contribution in [2.45, 2.75) is 18.1 Å². The number of sulfone groups is 1. The number of carbonyl (C=O) groups is 1. The first-order chi connectivity index (χ1) is 10.5. The Bertz CT molecular complexity index is 653. The summed E-state index contributed by atoms with van der Waals surface area (Å²) in [7, 11) is -3.16. The van der Waals surface area contributed by atoms with E-state index in [1.807, 2.05) is 6.92 Å². The van der Waals surface area contributed by atoms with Gasteiger partial charge in [0, 0.05) is 43.6 Å². The van der Waals surface area contributed by atoms with Gasteiger partial charge in [0.1, 0.15) is 4.75 Å². The molecule has 0 bridgehead atoms. The van der Waals surface area contributed by atoms with Crippen molar-refractivity contribution in [1.82, 2.24) is 9.88 Å². The Morgan fingerprint density at radius 2 is 2.09 bits per heavy atom. The molecule has 7 heteroatoms. The lowest BCUT2D eigenvalue weighted by Crippen LogP contribution is -2.68. The predicted molar refractivity (Wildman–Crippen MR) is 81.3 cm³/mol. The van der Waals surface area contributed by atoms with Crippen molar-refractivity contribution in [3.05, 3.63) is 30.1 Å². The first-order valence-electron chi connectivity index (χ1n) is 7.49. The molecule has 2 aliphatic heterocycles. The fourth-order valence-electron chi connectivity index (χ4n) is 3.39. The van der Waals surface area contributed by atoms with E-state index in [0.717, 1.165) is 0 Å². The average molecular weight is 324 g/mol. The number of ether oxygens (including phenoxy) is 1.